The molecule has 0 fully saturated rings. The second-order valence-electron chi connectivity index (χ2n) is 3.92. The molecule has 0 saturated carbocycles. The maximum absolute atomic E-state index is 5.61. The van der Waals surface area contributed by atoms with E-state index in [4.69, 9.17) is 15.9 Å². The molecular formula is C15H20O2. The Kier molecular flexibility index (Phi) is 6.93. The highest BCUT2D eigenvalue weighted by Crippen LogP contribution is 2.12. The van der Waals surface area contributed by atoms with Crippen LogP contribution in [0.3, 0.4) is 0 Å². The van der Waals surface area contributed by atoms with Crippen LogP contribution in [0.4, 0.5) is 0 Å². The van der Waals surface area contributed by atoms with E-state index in [-0.39, 0.29) is 0 Å². The van der Waals surface area contributed by atoms with Crippen LogP contribution in [-0.4, -0.2) is 20.3 Å². The molecule has 2 heteroatoms. The van der Waals surface area contributed by atoms with Crippen molar-refractivity contribution in [2.24, 2.45) is 0 Å². The van der Waals surface area contributed by atoms with Gasteiger partial charge in [0.15, 0.2) is 0 Å². The molecule has 0 N–H and O–H groups in total. The van der Waals surface area contributed by atoms with E-state index in [1.54, 1.807) is 7.11 Å². The Morgan fingerprint density at radius 3 is 2.24 bits per heavy atom. The minimum Gasteiger partial charge on any atom is -0.494 e. The molecule has 2 nitrogen and oxygen atoms in total. The highest BCUT2D eigenvalue weighted by atomic mass is 16.5. The lowest BCUT2D eigenvalue weighted by Gasteiger charge is -2.06. The summed E-state index contributed by atoms with van der Waals surface area (Å²) in [4.78, 5) is 0. The van der Waals surface area contributed by atoms with Gasteiger partial charge in [0.2, 0.25) is 0 Å². The van der Waals surface area contributed by atoms with Gasteiger partial charge in [-0.2, -0.15) is 0 Å². The van der Waals surface area contributed by atoms with Gasteiger partial charge in [0.25, 0.3) is 0 Å². The standard InChI is InChI=1S/C15H20O2/c1-3-14-8-10-15(11-9-14)17-13-7-5-4-6-12-16-2/h1,8-11H,4-7,12-13H2,2H3. The van der Waals surface area contributed by atoms with Gasteiger partial charge in [0.1, 0.15) is 5.75 Å². The summed E-state index contributed by atoms with van der Waals surface area (Å²) in [5.41, 5.74) is 0.886. The topological polar surface area (TPSA) is 18.5 Å². The van der Waals surface area contributed by atoms with Crippen LogP contribution in [0.5, 0.6) is 5.75 Å². The van der Waals surface area contributed by atoms with Crippen LogP contribution in [0.2, 0.25) is 0 Å². The van der Waals surface area contributed by atoms with E-state index in [9.17, 15) is 0 Å². The molecule has 0 spiro atoms. The molecule has 92 valence electrons. The van der Waals surface area contributed by atoms with E-state index >= 15 is 0 Å². The van der Waals surface area contributed by atoms with E-state index < -0.39 is 0 Å². The number of rotatable bonds is 8. The largest absolute Gasteiger partial charge is 0.494 e. The lowest BCUT2D eigenvalue weighted by atomic mass is 10.2. The van der Waals surface area contributed by atoms with Crippen molar-refractivity contribution in [1.29, 1.82) is 0 Å². The first kappa shape index (κ1) is 13.6. The van der Waals surface area contributed by atoms with Crippen molar-refractivity contribution in [3.8, 4) is 18.1 Å². The molecule has 0 aliphatic carbocycles. The third-order valence-electron chi connectivity index (χ3n) is 2.53. The molecule has 0 atom stereocenters. The maximum Gasteiger partial charge on any atom is 0.119 e. The summed E-state index contributed by atoms with van der Waals surface area (Å²) in [7, 11) is 1.74. The first-order chi connectivity index (χ1) is 8.36. The smallest absolute Gasteiger partial charge is 0.119 e. The predicted molar refractivity (Wildman–Crippen MR) is 70.2 cm³/mol. The number of benzene rings is 1. The molecule has 0 saturated heterocycles. The third-order valence-corrected chi connectivity index (χ3v) is 2.53. The normalized spacial score (nSPS) is 9.88. The number of hydrogen-bond acceptors (Lipinski definition) is 2. The van der Waals surface area contributed by atoms with Gasteiger partial charge in [-0.1, -0.05) is 12.3 Å². The lowest BCUT2D eigenvalue weighted by molar-refractivity contribution is 0.191. The molecule has 0 bridgehead atoms. The van der Waals surface area contributed by atoms with Crippen molar-refractivity contribution in [2.75, 3.05) is 20.3 Å². The van der Waals surface area contributed by atoms with Crippen molar-refractivity contribution in [1.82, 2.24) is 0 Å². The van der Waals surface area contributed by atoms with E-state index in [0.29, 0.717) is 0 Å². The van der Waals surface area contributed by atoms with Gasteiger partial charge >= 0.3 is 0 Å². The first-order valence-corrected chi connectivity index (χ1v) is 6.05. The van der Waals surface area contributed by atoms with E-state index in [2.05, 4.69) is 5.92 Å². The minimum absolute atomic E-state index is 0.766. The van der Waals surface area contributed by atoms with Gasteiger partial charge in [0.05, 0.1) is 6.61 Å². The van der Waals surface area contributed by atoms with Gasteiger partial charge in [-0.25, -0.2) is 0 Å². The fraction of sp³-hybridized carbons (Fsp3) is 0.467. The van der Waals surface area contributed by atoms with Crippen molar-refractivity contribution >= 4 is 0 Å². The van der Waals surface area contributed by atoms with Gasteiger partial charge in [-0.3, -0.25) is 0 Å². The van der Waals surface area contributed by atoms with Crippen molar-refractivity contribution in [3.05, 3.63) is 29.8 Å². The van der Waals surface area contributed by atoms with E-state index in [1.165, 1.54) is 12.8 Å². The number of unbranched alkanes of at least 4 members (excludes halogenated alkanes) is 3. The third kappa shape index (κ3) is 5.99. The monoisotopic (exact) mass is 232 g/mol. The zero-order chi connectivity index (χ0) is 12.3. The Bertz CT molecular complexity index is 335. The van der Waals surface area contributed by atoms with Crippen molar-refractivity contribution in [3.63, 3.8) is 0 Å². The average molecular weight is 232 g/mol. The van der Waals surface area contributed by atoms with Crippen LogP contribution in [-0.2, 0) is 4.74 Å². The van der Waals surface area contributed by atoms with Crippen LogP contribution < -0.4 is 4.74 Å². The molecular weight excluding hydrogens is 212 g/mol. The van der Waals surface area contributed by atoms with Gasteiger partial charge < -0.3 is 9.47 Å². The van der Waals surface area contributed by atoms with Crippen LogP contribution in [0.15, 0.2) is 24.3 Å². The van der Waals surface area contributed by atoms with E-state index in [0.717, 1.165) is 37.4 Å². The molecule has 0 amide bonds. The summed E-state index contributed by atoms with van der Waals surface area (Å²) in [6, 6.07) is 7.63. The highest BCUT2D eigenvalue weighted by molar-refractivity contribution is 5.36. The Morgan fingerprint density at radius 1 is 1.00 bits per heavy atom. The van der Waals surface area contributed by atoms with Crippen LogP contribution in [0.1, 0.15) is 31.2 Å². The number of hydrogen-bond donors (Lipinski definition) is 0. The Hall–Kier alpha value is -1.46. The fourth-order valence-electron chi connectivity index (χ4n) is 1.54. The number of methoxy groups -OCH3 is 1. The maximum atomic E-state index is 5.61. The second kappa shape index (κ2) is 8.66. The fourth-order valence-corrected chi connectivity index (χ4v) is 1.54. The summed E-state index contributed by atoms with van der Waals surface area (Å²) in [5.74, 6) is 3.47. The summed E-state index contributed by atoms with van der Waals surface area (Å²) in [6.07, 6.45) is 9.88. The number of terminal acetylenes is 1. The zero-order valence-corrected chi connectivity index (χ0v) is 10.4. The molecule has 0 aliphatic rings. The van der Waals surface area contributed by atoms with Gasteiger partial charge in [0, 0.05) is 19.3 Å². The molecule has 1 rings (SSSR count). The molecule has 1 aromatic rings. The van der Waals surface area contributed by atoms with Crippen molar-refractivity contribution < 1.29 is 9.47 Å². The Balaban J connectivity index is 2.08. The minimum atomic E-state index is 0.766. The quantitative estimate of drug-likeness (QED) is 0.506. The zero-order valence-electron chi connectivity index (χ0n) is 10.4. The summed E-state index contributed by atoms with van der Waals surface area (Å²) in [5, 5.41) is 0. The first-order valence-electron chi connectivity index (χ1n) is 6.05. The molecule has 0 unspecified atom stereocenters. The molecule has 1 aromatic carbocycles. The average Bonchev–Trinajstić information content (AvgIpc) is 2.38. The Labute approximate surface area is 104 Å². The Morgan fingerprint density at radius 2 is 1.65 bits per heavy atom. The second-order valence-corrected chi connectivity index (χ2v) is 3.92. The SMILES string of the molecule is C#Cc1ccc(OCCCCCCOC)cc1. The number of ether oxygens (including phenoxy) is 2. The molecule has 0 radical (unpaired) electrons. The van der Waals surface area contributed by atoms with E-state index in [1.807, 2.05) is 24.3 Å². The molecule has 17 heavy (non-hydrogen) atoms. The van der Waals surface area contributed by atoms with Crippen molar-refractivity contribution in [2.45, 2.75) is 25.7 Å². The summed E-state index contributed by atoms with van der Waals surface area (Å²) in [6.45, 7) is 1.62. The lowest BCUT2D eigenvalue weighted by Crippen LogP contribution is -1.97. The van der Waals surface area contributed by atoms with Gasteiger partial charge in [-0.05, 0) is 43.5 Å². The van der Waals surface area contributed by atoms with Crippen LogP contribution in [0.25, 0.3) is 0 Å². The highest BCUT2D eigenvalue weighted by Gasteiger charge is 1.94. The van der Waals surface area contributed by atoms with Crippen LogP contribution in [0, 0.1) is 12.3 Å². The van der Waals surface area contributed by atoms with Crippen LogP contribution >= 0.6 is 0 Å². The molecule has 0 aliphatic heterocycles. The summed E-state index contributed by atoms with van der Waals surface area (Å²) >= 11 is 0. The molecule has 0 aromatic heterocycles. The summed E-state index contributed by atoms with van der Waals surface area (Å²) < 4.78 is 10.6. The molecule has 0 heterocycles. The predicted octanol–water partition coefficient (Wildman–Crippen LogP) is 3.25. The van der Waals surface area contributed by atoms with Gasteiger partial charge in [-0.15, -0.1) is 6.42 Å².